The number of nitrogens with one attached hydrogen (secondary N) is 1. The highest BCUT2D eigenvalue weighted by Crippen LogP contribution is 2.36. The van der Waals surface area contributed by atoms with Crippen LogP contribution in [-0.4, -0.2) is 28.9 Å². The van der Waals surface area contributed by atoms with Crippen LogP contribution in [0.1, 0.15) is 11.1 Å². The summed E-state index contributed by atoms with van der Waals surface area (Å²) in [5.74, 6) is -1.46. The van der Waals surface area contributed by atoms with Gasteiger partial charge in [-0.3, -0.25) is 30.3 Å². The molecule has 0 bridgehead atoms. The van der Waals surface area contributed by atoms with Gasteiger partial charge < -0.3 is 10.0 Å². The summed E-state index contributed by atoms with van der Waals surface area (Å²) in [5.41, 5.74) is 0.361. The maximum atomic E-state index is 11.1. The number of pyridine rings is 1. The zero-order valence-corrected chi connectivity index (χ0v) is 17.6. The Balaban J connectivity index is 0.000000234. The molecule has 12 heteroatoms. The maximum absolute atomic E-state index is 11.1. The van der Waals surface area contributed by atoms with Gasteiger partial charge in [0.2, 0.25) is 0 Å². The minimum absolute atomic E-state index is 0.384. The molecule has 1 N–H and O–H groups in total. The Kier molecular flexibility index (Phi) is 8.10. The van der Waals surface area contributed by atoms with Crippen molar-refractivity contribution in [3.63, 3.8) is 0 Å². The van der Waals surface area contributed by atoms with Crippen LogP contribution in [0, 0.1) is 30.3 Å². The molecule has 0 saturated carbocycles. The van der Waals surface area contributed by atoms with Gasteiger partial charge in [0.05, 0.1) is 32.7 Å². The summed E-state index contributed by atoms with van der Waals surface area (Å²) in [6.07, 6.45) is 8.08. The minimum atomic E-state index is -1.46. The second kappa shape index (κ2) is 10.9. The van der Waals surface area contributed by atoms with Crippen molar-refractivity contribution >= 4 is 34.9 Å². The quantitative estimate of drug-likeness (QED) is 0.404. The number of non-ortho nitro benzene ring substituents is 1. The van der Waals surface area contributed by atoms with Crippen molar-refractivity contribution < 1.29 is 24.9 Å². The molecule has 0 unspecified atom stereocenters. The Morgan fingerprint density at radius 2 is 1.21 bits per heavy atom. The topological polar surface area (TPSA) is 170 Å². The molecule has 2 aromatic carbocycles. The summed E-state index contributed by atoms with van der Waals surface area (Å²) in [7, 11) is 4.09. The van der Waals surface area contributed by atoms with Crippen LogP contribution in [-0.2, 0) is 0 Å². The number of H-pyrrole nitrogens is 1. The third-order valence-corrected chi connectivity index (χ3v) is 4.26. The van der Waals surface area contributed by atoms with Gasteiger partial charge in [0.25, 0.3) is 17.1 Å². The van der Waals surface area contributed by atoms with Crippen LogP contribution in [0.4, 0.5) is 22.7 Å². The van der Waals surface area contributed by atoms with Crippen molar-refractivity contribution in [3.05, 3.63) is 102 Å². The van der Waals surface area contributed by atoms with Gasteiger partial charge in [-0.1, -0.05) is 24.3 Å². The number of aromatic amines is 1. The van der Waals surface area contributed by atoms with Crippen molar-refractivity contribution in [3.8, 4) is 5.75 Å². The predicted octanol–water partition coefficient (Wildman–Crippen LogP) is 3.22. The van der Waals surface area contributed by atoms with Gasteiger partial charge in [0.15, 0.2) is 12.4 Å². The molecule has 0 fully saturated rings. The molecule has 0 atom stereocenters. The van der Waals surface area contributed by atoms with Gasteiger partial charge in [0, 0.05) is 31.9 Å². The highest BCUT2D eigenvalue weighted by atomic mass is 16.6. The zero-order chi connectivity index (χ0) is 24.5. The average molecular weight is 453 g/mol. The van der Waals surface area contributed by atoms with Gasteiger partial charge in [-0.25, -0.2) is 4.98 Å². The van der Waals surface area contributed by atoms with Crippen LogP contribution in [0.25, 0.3) is 12.2 Å². The van der Waals surface area contributed by atoms with Gasteiger partial charge >= 0.3 is 0 Å². The molecule has 0 amide bonds. The van der Waals surface area contributed by atoms with Crippen LogP contribution in [0.5, 0.6) is 5.75 Å². The summed E-state index contributed by atoms with van der Waals surface area (Å²) in [4.78, 5) is 32.6. The number of rotatable bonds is 6. The highest BCUT2D eigenvalue weighted by Gasteiger charge is 2.24. The highest BCUT2D eigenvalue weighted by molar-refractivity contribution is 5.70. The summed E-state index contributed by atoms with van der Waals surface area (Å²) < 4.78 is 0. The standard InChI is InChI=1S/C15H16N2.C6H3N3O7/c1-17(2)15-7-5-13(6-8-15)3-4-14-9-11-16-12-10-14;10-6-4(8(13)14)1-3(7(11)12)2-5(6)9(15)16/h3-12H,1-2H3;1-2,10H. The first kappa shape index (κ1) is 24.4. The van der Waals surface area contributed by atoms with Gasteiger partial charge in [-0.15, -0.1) is 0 Å². The molecule has 0 spiro atoms. The Labute approximate surface area is 187 Å². The molecule has 0 saturated heterocycles. The van der Waals surface area contributed by atoms with E-state index in [1.807, 2.05) is 38.6 Å². The first-order chi connectivity index (χ1) is 15.6. The van der Waals surface area contributed by atoms with E-state index in [2.05, 4.69) is 46.3 Å². The normalized spacial score (nSPS) is 10.2. The van der Waals surface area contributed by atoms with Crippen LogP contribution in [0.2, 0.25) is 0 Å². The van der Waals surface area contributed by atoms with Crippen molar-refractivity contribution in [1.82, 2.24) is 0 Å². The molecule has 1 heterocycles. The molecule has 3 aromatic rings. The molecular formula is C21H19N5O7. The van der Waals surface area contributed by atoms with E-state index in [0.717, 1.165) is 0 Å². The number of nitro groups is 3. The molecule has 0 radical (unpaired) electrons. The predicted molar refractivity (Wildman–Crippen MR) is 119 cm³/mol. The number of aromatic nitrogens is 1. The number of benzene rings is 2. The van der Waals surface area contributed by atoms with E-state index >= 15 is 0 Å². The van der Waals surface area contributed by atoms with E-state index in [-0.39, 0.29) is 0 Å². The minimum Gasteiger partial charge on any atom is -0.863 e. The molecule has 1 aromatic heterocycles. The third kappa shape index (κ3) is 6.82. The fourth-order valence-electron chi connectivity index (χ4n) is 2.55. The average Bonchev–Trinajstić information content (AvgIpc) is 2.78. The Morgan fingerprint density at radius 3 is 1.61 bits per heavy atom. The lowest BCUT2D eigenvalue weighted by Gasteiger charge is -2.11. The number of hydrogen-bond acceptors (Lipinski definition) is 8. The van der Waals surface area contributed by atoms with Gasteiger partial charge in [-0.05, 0) is 23.3 Å². The lowest BCUT2D eigenvalue weighted by Crippen LogP contribution is -2.07. The SMILES string of the molecule is CN(C)c1ccc(C=Cc2cc[nH+]cc2)cc1.O=[N+]([O-])c1cc([N+](=O)[O-])c([O-])c([N+](=O)[O-])c1. The van der Waals surface area contributed by atoms with Crippen LogP contribution >= 0.6 is 0 Å². The van der Waals surface area contributed by atoms with Crippen LogP contribution in [0.3, 0.4) is 0 Å². The second-order valence-corrected chi connectivity index (χ2v) is 6.74. The smallest absolute Gasteiger partial charge is 0.283 e. The van der Waals surface area contributed by atoms with Crippen LogP contribution in [0.15, 0.2) is 60.9 Å². The van der Waals surface area contributed by atoms with E-state index in [4.69, 9.17) is 0 Å². The lowest BCUT2D eigenvalue weighted by molar-refractivity contribution is -0.420. The van der Waals surface area contributed by atoms with Gasteiger partial charge in [-0.2, -0.15) is 0 Å². The van der Waals surface area contributed by atoms with Crippen molar-refractivity contribution in [1.29, 1.82) is 0 Å². The first-order valence-electron chi connectivity index (χ1n) is 9.30. The van der Waals surface area contributed by atoms with Crippen molar-refractivity contribution in [2.24, 2.45) is 0 Å². The molecule has 0 aliphatic rings. The molecular weight excluding hydrogens is 434 g/mol. The zero-order valence-electron chi connectivity index (χ0n) is 17.6. The number of nitro benzene ring substituents is 3. The Morgan fingerprint density at radius 1 is 0.758 bits per heavy atom. The summed E-state index contributed by atoms with van der Waals surface area (Å²) in [6, 6.07) is 13.4. The molecule has 170 valence electrons. The fraction of sp³-hybridized carbons (Fsp3) is 0.0952. The molecule has 3 rings (SSSR count). The number of hydrogen-bond donors (Lipinski definition) is 0. The Bertz CT molecular complexity index is 1140. The van der Waals surface area contributed by atoms with E-state index < -0.39 is 37.6 Å². The third-order valence-electron chi connectivity index (χ3n) is 4.26. The van der Waals surface area contributed by atoms with E-state index in [1.54, 1.807) is 0 Å². The summed E-state index contributed by atoms with van der Waals surface area (Å²) in [5, 5.41) is 42.1. The number of anilines is 1. The van der Waals surface area contributed by atoms with E-state index in [9.17, 15) is 35.4 Å². The summed E-state index contributed by atoms with van der Waals surface area (Å²) >= 11 is 0. The van der Waals surface area contributed by atoms with Crippen LogP contribution < -0.4 is 15.0 Å². The Hall–Kier alpha value is -4.87. The van der Waals surface area contributed by atoms with E-state index in [1.165, 1.54) is 16.8 Å². The summed E-state index contributed by atoms with van der Waals surface area (Å²) in [6.45, 7) is 0. The second-order valence-electron chi connectivity index (χ2n) is 6.74. The fourth-order valence-corrected chi connectivity index (χ4v) is 2.55. The molecule has 33 heavy (non-hydrogen) atoms. The monoisotopic (exact) mass is 453 g/mol. The molecule has 0 aliphatic heterocycles. The first-order valence-corrected chi connectivity index (χ1v) is 9.30. The molecule has 12 nitrogen and oxygen atoms in total. The van der Waals surface area contributed by atoms with Gasteiger partial charge in [0.1, 0.15) is 0 Å². The largest absolute Gasteiger partial charge is 0.863 e. The van der Waals surface area contributed by atoms with Crippen molar-refractivity contribution in [2.45, 2.75) is 0 Å². The molecule has 0 aliphatic carbocycles. The van der Waals surface area contributed by atoms with Crippen molar-refractivity contribution in [2.75, 3.05) is 19.0 Å². The number of nitrogens with zero attached hydrogens (tertiary/aromatic N) is 4. The lowest BCUT2D eigenvalue weighted by atomic mass is 10.1. The maximum Gasteiger partial charge on any atom is 0.283 e. The van der Waals surface area contributed by atoms with E-state index in [0.29, 0.717) is 12.1 Å².